The molecule has 0 radical (unpaired) electrons. The van der Waals surface area contributed by atoms with Crippen LogP contribution < -0.4 is 9.62 Å². The molecule has 3 aromatic carbocycles. The van der Waals surface area contributed by atoms with Gasteiger partial charge in [-0.25, -0.2) is 12.8 Å². The minimum absolute atomic E-state index is 0.0616. The van der Waals surface area contributed by atoms with Gasteiger partial charge in [0.2, 0.25) is 11.8 Å². The molecule has 0 saturated carbocycles. The van der Waals surface area contributed by atoms with Crippen molar-refractivity contribution in [3.63, 3.8) is 0 Å². The Morgan fingerprint density at radius 3 is 2.23 bits per heavy atom. The molecule has 0 aliphatic carbocycles. The lowest BCUT2D eigenvalue weighted by Crippen LogP contribution is -2.51. The minimum atomic E-state index is -4.28. The average Bonchev–Trinajstić information content (AvgIpc) is 2.90. The molecule has 39 heavy (non-hydrogen) atoms. The zero-order chi connectivity index (χ0) is 28.7. The fourth-order valence-electron chi connectivity index (χ4n) is 3.79. The zero-order valence-electron chi connectivity index (χ0n) is 21.8. The SMILES string of the molecule is CCCNC(=O)[C@@H](C)N(Cc1ccc(Cl)cc1Cl)C(=O)CN(c1ccc(C)cc1)S(=O)(=O)c1ccc(F)cc1. The van der Waals surface area contributed by atoms with E-state index in [2.05, 4.69) is 5.32 Å². The first-order valence-corrected chi connectivity index (χ1v) is 14.5. The standard InChI is InChI=1S/C28H30Cl2FN3O4S/c1-4-15-32-28(36)20(3)33(17-21-7-8-22(29)16-26(21)30)27(35)18-34(24-11-5-19(2)6-12-24)39(37,38)25-13-9-23(31)10-14-25/h5-14,16,20H,4,15,17-18H2,1-3H3,(H,32,36)/t20-/m1/s1. The summed E-state index contributed by atoms with van der Waals surface area (Å²) < 4.78 is 41.9. The summed E-state index contributed by atoms with van der Waals surface area (Å²) in [7, 11) is -4.28. The lowest BCUT2D eigenvalue weighted by molar-refractivity contribution is -0.139. The molecule has 2 amide bonds. The number of benzene rings is 3. The first kappa shape index (κ1) is 30.4. The molecule has 0 bridgehead atoms. The maximum absolute atomic E-state index is 13.8. The van der Waals surface area contributed by atoms with Crippen LogP contribution in [0.5, 0.6) is 0 Å². The summed E-state index contributed by atoms with van der Waals surface area (Å²) in [6.07, 6.45) is 0.701. The van der Waals surface area contributed by atoms with Crippen molar-refractivity contribution in [3.8, 4) is 0 Å². The number of hydrogen-bond acceptors (Lipinski definition) is 4. The van der Waals surface area contributed by atoms with Gasteiger partial charge in [-0.15, -0.1) is 0 Å². The highest BCUT2D eigenvalue weighted by atomic mass is 35.5. The molecule has 0 spiro atoms. The number of aryl methyl sites for hydroxylation is 1. The van der Waals surface area contributed by atoms with Gasteiger partial charge in [-0.3, -0.25) is 13.9 Å². The van der Waals surface area contributed by atoms with Crippen LogP contribution >= 0.6 is 23.2 Å². The largest absolute Gasteiger partial charge is 0.354 e. The van der Waals surface area contributed by atoms with E-state index in [-0.39, 0.29) is 17.1 Å². The van der Waals surface area contributed by atoms with Crippen LogP contribution in [0.3, 0.4) is 0 Å². The molecule has 3 rings (SSSR count). The van der Waals surface area contributed by atoms with Crippen LogP contribution in [0.25, 0.3) is 0 Å². The van der Waals surface area contributed by atoms with Crippen molar-refractivity contribution in [1.82, 2.24) is 10.2 Å². The third-order valence-electron chi connectivity index (χ3n) is 6.07. The van der Waals surface area contributed by atoms with Gasteiger partial charge in [0.25, 0.3) is 10.0 Å². The Bertz CT molecular complexity index is 1420. The van der Waals surface area contributed by atoms with Crippen molar-refractivity contribution < 1.29 is 22.4 Å². The van der Waals surface area contributed by atoms with Crippen molar-refractivity contribution >= 4 is 50.7 Å². The van der Waals surface area contributed by atoms with Crippen LogP contribution in [0.1, 0.15) is 31.4 Å². The molecular weight excluding hydrogens is 564 g/mol. The number of anilines is 1. The van der Waals surface area contributed by atoms with Crippen molar-refractivity contribution in [2.75, 3.05) is 17.4 Å². The predicted octanol–water partition coefficient (Wildman–Crippen LogP) is 5.58. The van der Waals surface area contributed by atoms with E-state index in [1.54, 1.807) is 43.3 Å². The van der Waals surface area contributed by atoms with Gasteiger partial charge >= 0.3 is 0 Å². The first-order chi connectivity index (χ1) is 18.4. The Kier molecular flexibility index (Phi) is 10.4. The van der Waals surface area contributed by atoms with Crippen molar-refractivity contribution in [2.24, 2.45) is 0 Å². The molecule has 11 heteroatoms. The topological polar surface area (TPSA) is 86.8 Å². The van der Waals surface area contributed by atoms with Gasteiger partial charge in [-0.1, -0.05) is 53.9 Å². The molecule has 7 nitrogen and oxygen atoms in total. The number of nitrogens with zero attached hydrogens (tertiary/aromatic N) is 2. The summed E-state index contributed by atoms with van der Waals surface area (Å²) in [5.74, 6) is -1.62. The van der Waals surface area contributed by atoms with Gasteiger partial charge in [-0.05, 0) is 74.4 Å². The molecule has 0 saturated heterocycles. The number of carbonyl (C=O) groups is 2. The molecule has 1 atom stereocenters. The van der Waals surface area contributed by atoms with Crippen molar-refractivity contribution in [1.29, 1.82) is 0 Å². The number of nitrogens with one attached hydrogen (secondary N) is 1. The fourth-order valence-corrected chi connectivity index (χ4v) is 5.67. The van der Waals surface area contributed by atoms with Crippen LogP contribution in [-0.2, 0) is 26.2 Å². The van der Waals surface area contributed by atoms with E-state index in [0.29, 0.717) is 28.6 Å². The van der Waals surface area contributed by atoms with E-state index in [4.69, 9.17) is 23.2 Å². The zero-order valence-corrected chi connectivity index (χ0v) is 24.2. The van der Waals surface area contributed by atoms with Crippen LogP contribution in [0.4, 0.5) is 10.1 Å². The molecular formula is C28H30Cl2FN3O4S. The lowest BCUT2D eigenvalue weighted by Gasteiger charge is -2.32. The van der Waals surface area contributed by atoms with E-state index in [1.807, 2.05) is 13.8 Å². The maximum atomic E-state index is 13.8. The third-order valence-corrected chi connectivity index (χ3v) is 8.45. The monoisotopic (exact) mass is 593 g/mol. The number of rotatable bonds is 11. The Morgan fingerprint density at radius 2 is 1.64 bits per heavy atom. The maximum Gasteiger partial charge on any atom is 0.264 e. The summed E-state index contributed by atoms with van der Waals surface area (Å²) in [6, 6.07) is 14.8. The number of carbonyl (C=O) groups excluding carboxylic acids is 2. The van der Waals surface area contributed by atoms with Crippen LogP contribution in [0, 0.1) is 12.7 Å². The number of halogens is 3. The second-order valence-corrected chi connectivity index (χ2v) is 11.7. The van der Waals surface area contributed by atoms with Crippen LogP contribution in [0.2, 0.25) is 10.0 Å². The minimum Gasteiger partial charge on any atom is -0.354 e. The van der Waals surface area contributed by atoms with Gasteiger partial charge in [-0.2, -0.15) is 0 Å². The predicted molar refractivity (Wildman–Crippen MR) is 152 cm³/mol. The molecule has 0 aromatic heterocycles. The quantitative estimate of drug-likeness (QED) is 0.314. The normalized spacial score (nSPS) is 12.1. The molecule has 208 valence electrons. The number of hydrogen-bond donors (Lipinski definition) is 1. The molecule has 1 N–H and O–H groups in total. The summed E-state index contributed by atoms with van der Waals surface area (Å²) >= 11 is 12.4. The summed E-state index contributed by atoms with van der Waals surface area (Å²) in [6.45, 7) is 5.06. The van der Waals surface area contributed by atoms with E-state index < -0.39 is 40.2 Å². The van der Waals surface area contributed by atoms with E-state index >= 15 is 0 Å². The van der Waals surface area contributed by atoms with Crippen molar-refractivity contribution in [3.05, 3.63) is 93.7 Å². The second-order valence-electron chi connectivity index (χ2n) is 9.03. The molecule has 0 aliphatic rings. The highest BCUT2D eigenvalue weighted by Crippen LogP contribution is 2.27. The molecule has 0 heterocycles. The van der Waals surface area contributed by atoms with Gasteiger partial charge in [0.1, 0.15) is 18.4 Å². The highest BCUT2D eigenvalue weighted by Gasteiger charge is 2.32. The Hall–Kier alpha value is -3.14. The van der Waals surface area contributed by atoms with E-state index in [1.165, 1.54) is 11.0 Å². The Morgan fingerprint density at radius 1 is 1.00 bits per heavy atom. The summed E-state index contributed by atoms with van der Waals surface area (Å²) in [4.78, 5) is 27.8. The van der Waals surface area contributed by atoms with Crippen LogP contribution in [0.15, 0.2) is 71.6 Å². The van der Waals surface area contributed by atoms with E-state index in [0.717, 1.165) is 34.1 Å². The smallest absolute Gasteiger partial charge is 0.264 e. The van der Waals surface area contributed by atoms with Gasteiger partial charge in [0.15, 0.2) is 0 Å². The van der Waals surface area contributed by atoms with Gasteiger partial charge in [0, 0.05) is 23.1 Å². The van der Waals surface area contributed by atoms with Crippen LogP contribution in [-0.4, -0.2) is 44.3 Å². The Balaban J connectivity index is 2.03. The third kappa shape index (κ3) is 7.71. The average molecular weight is 595 g/mol. The highest BCUT2D eigenvalue weighted by molar-refractivity contribution is 7.92. The number of sulfonamides is 1. The number of amides is 2. The molecule has 0 unspecified atom stereocenters. The summed E-state index contributed by atoms with van der Waals surface area (Å²) in [5, 5.41) is 3.49. The van der Waals surface area contributed by atoms with Gasteiger partial charge < -0.3 is 10.2 Å². The second kappa shape index (κ2) is 13.3. The van der Waals surface area contributed by atoms with E-state index in [9.17, 15) is 22.4 Å². The molecule has 0 aliphatic heterocycles. The Labute approximate surface area is 238 Å². The van der Waals surface area contributed by atoms with Crippen molar-refractivity contribution in [2.45, 2.75) is 44.7 Å². The first-order valence-electron chi connectivity index (χ1n) is 12.3. The fraction of sp³-hybridized carbons (Fsp3) is 0.286. The van der Waals surface area contributed by atoms with Gasteiger partial charge in [0.05, 0.1) is 10.6 Å². The lowest BCUT2D eigenvalue weighted by atomic mass is 10.1. The molecule has 0 fully saturated rings. The molecule has 3 aromatic rings. The summed E-state index contributed by atoms with van der Waals surface area (Å²) in [5.41, 5.74) is 1.67.